The molecule has 1 aromatic rings. The molecule has 0 aliphatic heterocycles. The topological polar surface area (TPSA) is 29.5 Å². The van der Waals surface area contributed by atoms with Gasteiger partial charge in [-0.2, -0.15) is 0 Å². The van der Waals surface area contributed by atoms with Gasteiger partial charge >= 0.3 is 0 Å². The minimum atomic E-state index is -0.227. The second-order valence-corrected chi connectivity index (χ2v) is 3.80. The molecule has 2 atom stereocenters. The zero-order valence-corrected chi connectivity index (χ0v) is 8.38. The van der Waals surface area contributed by atoms with Crippen molar-refractivity contribution in [1.82, 2.24) is 0 Å². The maximum absolute atomic E-state index is 8.75. The highest BCUT2D eigenvalue weighted by atomic mass is 35.5. The minimum absolute atomic E-state index is 0.190. The molecule has 2 unspecified atom stereocenters. The van der Waals surface area contributed by atoms with Crippen molar-refractivity contribution in [2.24, 2.45) is 0 Å². The molecule has 4 heteroatoms. The summed E-state index contributed by atoms with van der Waals surface area (Å²) in [4.78, 5) is 8.75. The minimum Gasteiger partial charge on any atom is -0.483 e. The molecule has 0 spiro atoms. The highest BCUT2D eigenvalue weighted by Gasteiger charge is 2.04. The number of para-hydroxylation sites is 1. The first kappa shape index (κ1) is 9.79. The Labute approximate surface area is 78.4 Å². The molecule has 0 fully saturated rings. The predicted molar refractivity (Wildman–Crippen MR) is 52.1 cm³/mol. The van der Waals surface area contributed by atoms with Crippen molar-refractivity contribution in [3.05, 3.63) is 29.3 Å². The first-order chi connectivity index (χ1) is 5.74. The normalized spacial score (nSPS) is 13.6. The molecule has 0 bridgehead atoms. The van der Waals surface area contributed by atoms with Crippen LogP contribution in [0.15, 0.2) is 24.3 Å². The van der Waals surface area contributed by atoms with Crippen molar-refractivity contribution >= 4 is 20.4 Å². The molecule has 0 aliphatic carbocycles. The fourth-order valence-corrected chi connectivity index (χ4v) is 1.12. The molecule has 0 amide bonds. The average Bonchev–Trinajstić information content (AvgIpc) is 2.09. The summed E-state index contributed by atoms with van der Waals surface area (Å²) in [5.74, 6) is 0.429. The largest absolute Gasteiger partial charge is 0.483 e. The van der Waals surface area contributed by atoms with Crippen LogP contribution >= 0.6 is 20.4 Å². The number of hydrogen-bond acceptors (Lipinski definition) is 2. The van der Waals surface area contributed by atoms with Gasteiger partial charge < -0.3 is 9.63 Å². The maximum Gasteiger partial charge on any atom is 0.138 e. The molecular weight excluding hydrogens is 195 g/mol. The van der Waals surface area contributed by atoms with Crippen LogP contribution in [-0.2, 0) is 0 Å². The van der Waals surface area contributed by atoms with Crippen molar-refractivity contribution in [2.45, 2.75) is 12.8 Å². The van der Waals surface area contributed by atoms with Gasteiger partial charge in [0.25, 0.3) is 0 Å². The lowest BCUT2D eigenvalue weighted by Crippen LogP contribution is -2.04. The van der Waals surface area contributed by atoms with Crippen LogP contribution in [-0.4, -0.2) is 10.7 Å². The molecule has 0 heterocycles. The first-order valence-corrected chi connectivity index (χ1v) is 4.95. The fraction of sp³-hybridized carbons (Fsp3) is 0.250. The Kier molecular flexibility index (Phi) is 3.80. The van der Waals surface area contributed by atoms with Crippen LogP contribution in [0.5, 0.6) is 5.75 Å². The standard InChI is InChI=1S/C8H10ClO2P/c1-6(12-10)11-8-5-3-2-4-7(8)9/h2-6,10,12H,1H3. The van der Waals surface area contributed by atoms with Gasteiger partial charge in [0.05, 0.1) is 13.8 Å². The molecule has 1 aromatic carbocycles. The molecule has 1 rings (SSSR count). The number of hydrogen-bond donors (Lipinski definition) is 1. The maximum atomic E-state index is 8.75. The molecule has 0 aromatic heterocycles. The Morgan fingerprint density at radius 1 is 1.50 bits per heavy atom. The molecule has 0 aliphatic rings. The van der Waals surface area contributed by atoms with Gasteiger partial charge in [-0.3, -0.25) is 0 Å². The number of rotatable bonds is 3. The van der Waals surface area contributed by atoms with Crippen LogP contribution in [0.4, 0.5) is 0 Å². The molecule has 0 radical (unpaired) electrons. The monoisotopic (exact) mass is 204 g/mol. The third-order valence-electron chi connectivity index (χ3n) is 1.32. The summed E-state index contributed by atoms with van der Waals surface area (Å²) >= 11 is 5.82. The van der Waals surface area contributed by atoms with Crippen LogP contribution in [0.2, 0.25) is 5.02 Å². The van der Waals surface area contributed by atoms with E-state index in [2.05, 4.69) is 0 Å². The SMILES string of the molecule is CC(Oc1ccccc1Cl)PO. The van der Waals surface area contributed by atoms with E-state index in [1.807, 2.05) is 12.1 Å². The lowest BCUT2D eigenvalue weighted by Gasteiger charge is -2.12. The van der Waals surface area contributed by atoms with Crippen molar-refractivity contribution < 1.29 is 9.63 Å². The Morgan fingerprint density at radius 3 is 2.75 bits per heavy atom. The van der Waals surface area contributed by atoms with E-state index in [4.69, 9.17) is 21.2 Å². The van der Waals surface area contributed by atoms with E-state index < -0.39 is 0 Å². The molecular formula is C8H10ClO2P. The zero-order chi connectivity index (χ0) is 8.97. The lowest BCUT2D eigenvalue weighted by atomic mass is 10.3. The van der Waals surface area contributed by atoms with Gasteiger partial charge in [-0.05, 0) is 19.1 Å². The number of ether oxygens (including phenoxy) is 1. The molecule has 0 saturated heterocycles. The first-order valence-electron chi connectivity index (χ1n) is 3.55. The van der Waals surface area contributed by atoms with Crippen LogP contribution in [0, 0.1) is 0 Å². The van der Waals surface area contributed by atoms with Crippen LogP contribution in [0.1, 0.15) is 6.92 Å². The van der Waals surface area contributed by atoms with Crippen LogP contribution in [0.3, 0.4) is 0 Å². The van der Waals surface area contributed by atoms with Crippen molar-refractivity contribution in [3.63, 3.8) is 0 Å². The fourth-order valence-electron chi connectivity index (χ4n) is 0.757. The van der Waals surface area contributed by atoms with E-state index in [9.17, 15) is 0 Å². The van der Waals surface area contributed by atoms with Gasteiger partial charge in [-0.15, -0.1) is 0 Å². The van der Waals surface area contributed by atoms with Crippen LogP contribution in [0.25, 0.3) is 0 Å². The second-order valence-electron chi connectivity index (χ2n) is 2.32. The summed E-state index contributed by atoms with van der Waals surface area (Å²) < 4.78 is 5.32. The van der Waals surface area contributed by atoms with Crippen LogP contribution < -0.4 is 4.74 Å². The third kappa shape index (κ3) is 2.63. The Morgan fingerprint density at radius 2 is 2.17 bits per heavy atom. The number of halogens is 1. The summed E-state index contributed by atoms with van der Waals surface area (Å²) in [6, 6.07) is 7.21. The summed E-state index contributed by atoms with van der Waals surface area (Å²) in [5, 5.41) is 0.572. The van der Waals surface area contributed by atoms with Gasteiger partial charge in [0.15, 0.2) is 0 Å². The van der Waals surface area contributed by atoms with E-state index in [1.165, 1.54) is 0 Å². The Balaban J connectivity index is 2.69. The predicted octanol–water partition coefficient (Wildman–Crippen LogP) is 2.65. The van der Waals surface area contributed by atoms with Crippen molar-refractivity contribution in [3.8, 4) is 5.75 Å². The quantitative estimate of drug-likeness (QED) is 0.767. The lowest BCUT2D eigenvalue weighted by molar-refractivity contribution is 0.295. The van der Waals surface area contributed by atoms with E-state index >= 15 is 0 Å². The molecule has 2 nitrogen and oxygen atoms in total. The molecule has 12 heavy (non-hydrogen) atoms. The second kappa shape index (κ2) is 4.66. The summed E-state index contributed by atoms with van der Waals surface area (Å²) in [5.41, 5.74) is 0. The van der Waals surface area contributed by atoms with E-state index in [0.29, 0.717) is 10.8 Å². The molecule has 0 saturated carbocycles. The van der Waals surface area contributed by atoms with Crippen molar-refractivity contribution in [2.75, 3.05) is 0 Å². The zero-order valence-electron chi connectivity index (χ0n) is 6.62. The highest BCUT2D eigenvalue weighted by molar-refractivity contribution is 7.31. The Hall–Kier alpha value is -0.300. The van der Waals surface area contributed by atoms with E-state index in [0.717, 1.165) is 0 Å². The van der Waals surface area contributed by atoms with Gasteiger partial charge in [0, 0.05) is 0 Å². The van der Waals surface area contributed by atoms with Gasteiger partial charge in [0.2, 0.25) is 0 Å². The van der Waals surface area contributed by atoms with Gasteiger partial charge in [0.1, 0.15) is 11.6 Å². The highest BCUT2D eigenvalue weighted by Crippen LogP contribution is 2.27. The van der Waals surface area contributed by atoms with Crippen molar-refractivity contribution in [1.29, 1.82) is 0 Å². The molecule has 1 N–H and O–H groups in total. The third-order valence-corrected chi connectivity index (χ3v) is 2.12. The van der Waals surface area contributed by atoms with Gasteiger partial charge in [-0.1, -0.05) is 23.7 Å². The summed E-state index contributed by atoms with van der Waals surface area (Å²) in [6.45, 7) is 1.79. The summed E-state index contributed by atoms with van der Waals surface area (Å²) in [7, 11) is -0.227. The number of benzene rings is 1. The average molecular weight is 205 g/mol. The summed E-state index contributed by atoms with van der Waals surface area (Å²) in [6.07, 6.45) is 0. The molecule has 66 valence electrons. The Bertz CT molecular complexity index is 255. The smallest absolute Gasteiger partial charge is 0.138 e. The van der Waals surface area contributed by atoms with E-state index in [1.54, 1.807) is 19.1 Å². The van der Waals surface area contributed by atoms with Gasteiger partial charge in [-0.25, -0.2) is 0 Å². The van der Waals surface area contributed by atoms with E-state index in [-0.39, 0.29) is 14.7 Å².